The van der Waals surface area contributed by atoms with Crippen LogP contribution < -0.4 is 10.6 Å². The third kappa shape index (κ3) is 3.94. The summed E-state index contributed by atoms with van der Waals surface area (Å²) in [6.45, 7) is 2.77. The Morgan fingerprint density at radius 3 is 2.86 bits per heavy atom. The lowest BCUT2D eigenvalue weighted by atomic mass is 9.96. The summed E-state index contributed by atoms with van der Waals surface area (Å²) >= 11 is 1.90. The van der Waals surface area contributed by atoms with Crippen molar-refractivity contribution < 1.29 is 9.32 Å². The fourth-order valence-electron chi connectivity index (χ4n) is 3.17. The van der Waals surface area contributed by atoms with E-state index >= 15 is 0 Å². The number of nitrogens with zero attached hydrogens (tertiary/aromatic N) is 2. The van der Waals surface area contributed by atoms with Gasteiger partial charge in [-0.1, -0.05) is 18.0 Å². The second-order valence-electron chi connectivity index (χ2n) is 5.90. The summed E-state index contributed by atoms with van der Waals surface area (Å²) in [6, 6.07) is 0.272. The molecule has 0 radical (unpaired) electrons. The van der Waals surface area contributed by atoms with Crippen LogP contribution in [0.15, 0.2) is 4.52 Å². The maximum absolute atomic E-state index is 12.4. The highest BCUT2D eigenvalue weighted by Gasteiger charge is 2.41. The molecule has 6 nitrogen and oxygen atoms in total. The second kappa shape index (κ2) is 7.66. The van der Waals surface area contributed by atoms with E-state index < -0.39 is 5.54 Å². The molecule has 124 valence electrons. The summed E-state index contributed by atoms with van der Waals surface area (Å²) in [7, 11) is 0. The van der Waals surface area contributed by atoms with Gasteiger partial charge in [-0.2, -0.15) is 16.7 Å². The SMILES string of the molecule is Cc1nc(C2(NC(=O)CC3CSCCN3)CCCC2)no1.Cl. The normalized spacial score (nSPS) is 23.8. The van der Waals surface area contributed by atoms with E-state index in [4.69, 9.17) is 4.52 Å². The van der Waals surface area contributed by atoms with Crippen molar-refractivity contribution in [3.8, 4) is 0 Å². The molecule has 1 aliphatic carbocycles. The molecule has 0 bridgehead atoms. The maximum atomic E-state index is 12.4. The average molecular weight is 347 g/mol. The Bertz CT molecular complexity index is 499. The number of halogens is 1. The molecule has 1 saturated carbocycles. The summed E-state index contributed by atoms with van der Waals surface area (Å²) in [5, 5.41) is 10.6. The van der Waals surface area contributed by atoms with Crippen LogP contribution >= 0.6 is 24.2 Å². The van der Waals surface area contributed by atoms with Gasteiger partial charge in [-0.15, -0.1) is 12.4 Å². The van der Waals surface area contributed by atoms with E-state index in [9.17, 15) is 4.79 Å². The summed E-state index contributed by atoms with van der Waals surface area (Å²) in [5.41, 5.74) is -0.420. The van der Waals surface area contributed by atoms with Crippen LogP contribution in [0.2, 0.25) is 0 Å². The summed E-state index contributed by atoms with van der Waals surface area (Å²) < 4.78 is 5.11. The van der Waals surface area contributed by atoms with Gasteiger partial charge >= 0.3 is 0 Å². The van der Waals surface area contributed by atoms with E-state index in [1.54, 1.807) is 6.92 Å². The number of thioether (sulfide) groups is 1. The second-order valence-corrected chi connectivity index (χ2v) is 7.05. The molecule has 22 heavy (non-hydrogen) atoms. The minimum Gasteiger partial charge on any atom is -0.343 e. The zero-order valence-electron chi connectivity index (χ0n) is 12.8. The lowest BCUT2D eigenvalue weighted by molar-refractivity contribution is -0.123. The summed E-state index contributed by atoms with van der Waals surface area (Å²) in [6.07, 6.45) is 4.48. The molecule has 1 aromatic rings. The van der Waals surface area contributed by atoms with Crippen molar-refractivity contribution in [2.75, 3.05) is 18.1 Å². The van der Waals surface area contributed by atoms with Crippen LogP contribution in [-0.2, 0) is 10.3 Å². The molecular weight excluding hydrogens is 324 g/mol. The third-order valence-corrected chi connectivity index (χ3v) is 5.35. The van der Waals surface area contributed by atoms with E-state index in [0.29, 0.717) is 18.1 Å². The number of rotatable bonds is 4. The van der Waals surface area contributed by atoms with Gasteiger partial charge in [-0.3, -0.25) is 4.79 Å². The average Bonchev–Trinajstić information content (AvgIpc) is 3.10. The van der Waals surface area contributed by atoms with Gasteiger partial charge in [0.05, 0.1) is 0 Å². The van der Waals surface area contributed by atoms with Crippen LogP contribution in [0.1, 0.15) is 43.8 Å². The predicted molar refractivity (Wildman–Crippen MR) is 88.3 cm³/mol. The number of amides is 1. The van der Waals surface area contributed by atoms with Crippen molar-refractivity contribution >= 4 is 30.1 Å². The van der Waals surface area contributed by atoms with E-state index in [0.717, 1.165) is 43.7 Å². The molecule has 1 unspecified atom stereocenters. The molecule has 2 N–H and O–H groups in total. The fraction of sp³-hybridized carbons (Fsp3) is 0.786. The Morgan fingerprint density at radius 1 is 1.50 bits per heavy atom. The van der Waals surface area contributed by atoms with E-state index in [1.165, 1.54) is 0 Å². The topological polar surface area (TPSA) is 80.0 Å². The van der Waals surface area contributed by atoms with Crippen molar-refractivity contribution in [2.45, 2.75) is 50.6 Å². The smallest absolute Gasteiger partial charge is 0.223 e. The largest absolute Gasteiger partial charge is 0.343 e. The number of aromatic nitrogens is 2. The van der Waals surface area contributed by atoms with Gasteiger partial charge in [0.25, 0.3) is 0 Å². The van der Waals surface area contributed by atoms with E-state index in [1.807, 2.05) is 11.8 Å². The lowest BCUT2D eigenvalue weighted by Crippen LogP contribution is -2.48. The van der Waals surface area contributed by atoms with Crippen LogP contribution in [0, 0.1) is 6.92 Å². The standard InChI is InChI=1S/C14H22N4O2S.ClH/c1-10-16-13(18-20-10)14(4-2-3-5-14)17-12(19)8-11-9-21-7-6-15-11;/h11,15H,2-9H2,1H3,(H,17,19);1H. The number of hydrogen-bond acceptors (Lipinski definition) is 6. The van der Waals surface area contributed by atoms with Crippen LogP contribution in [0.4, 0.5) is 0 Å². The van der Waals surface area contributed by atoms with Crippen molar-refractivity contribution in [1.29, 1.82) is 0 Å². The molecular formula is C14H23ClN4O2S. The van der Waals surface area contributed by atoms with Gasteiger partial charge in [-0.05, 0) is 12.8 Å². The number of nitrogens with one attached hydrogen (secondary N) is 2. The van der Waals surface area contributed by atoms with Crippen LogP contribution in [0.25, 0.3) is 0 Å². The molecule has 0 spiro atoms. The molecule has 2 heterocycles. The van der Waals surface area contributed by atoms with Gasteiger partial charge in [-0.25, -0.2) is 0 Å². The zero-order chi connectivity index (χ0) is 14.7. The monoisotopic (exact) mass is 346 g/mol. The molecule has 2 aliphatic rings. The lowest BCUT2D eigenvalue weighted by Gasteiger charge is -2.29. The molecule has 8 heteroatoms. The highest BCUT2D eigenvalue weighted by Crippen LogP contribution is 2.37. The number of hydrogen-bond donors (Lipinski definition) is 2. The first kappa shape index (κ1) is 17.6. The van der Waals surface area contributed by atoms with Gasteiger partial charge in [0, 0.05) is 37.4 Å². The number of carbonyl (C=O) groups excluding carboxylic acids is 1. The molecule has 1 aliphatic heterocycles. The van der Waals surface area contributed by atoms with Gasteiger partial charge < -0.3 is 15.2 Å². The Hall–Kier alpha value is -0.790. The molecule has 1 saturated heterocycles. The zero-order valence-corrected chi connectivity index (χ0v) is 14.4. The van der Waals surface area contributed by atoms with Gasteiger partial charge in [0.1, 0.15) is 5.54 Å². The van der Waals surface area contributed by atoms with Crippen molar-refractivity contribution in [3.63, 3.8) is 0 Å². The van der Waals surface area contributed by atoms with Crippen LogP contribution in [-0.4, -0.2) is 40.1 Å². The summed E-state index contributed by atoms with van der Waals surface area (Å²) in [4.78, 5) is 16.8. The number of carbonyl (C=O) groups is 1. The first-order valence-corrected chi connectivity index (χ1v) is 8.76. The Kier molecular flexibility index (Phi) is 6.11. The van der Waals surface area contributed by atoms with Gasteiger partial charge in [0.2, 0.25) is 11.8 Å². The van der Waals surface area contributed by atoms with Crippen molar-refractivity contribution in [3.05, 3.63) is 11.7 Å². The minimum atomic E-state index is -0.420. The molecule has 2 fully saturated rings. The first-order valence-electron chi connectivity index (χ1n) is 7.61. The van der Waals surface area contributed by atoms with E-state index in [-0.39, 0.29) is 24.4 Å². The van der Waals surface area contributed by atoms with Crippen molar-refractivity contribution in [2.24, 2.45) is 0 Å². The maximum Gasteiger partial charge on any atom is 0.223 e. The quantitative estimate of drug-likeness (QED) is 0.865. The Morgan fingerprint density at radius 2 is 2.27 bits per heavy atom. The fourth-order valence-corrected chi connectivity index (χ4v) is 4.12. The minimum absolute atomic E-state index is 0. The summed E-state index contributed by atoms with van der Waals surface area (Å²) in [5.74, 6) is 3.40. The Labute approximate surface area is 141 Å². The highest BCUT2D eigenvalue weighted by atomic mass is 35.5. The van der Waals surface area contributed by atoms with Crippen molar-refractivity contribution in [1.82, 2.24) is 20.8 Å². The van der Waals surface area contributed by atoms with E-state index in [2.05, 4.69) is 20.8 Å². The predicted octanol–water partition coefficient (Wildman–Crippen LogP) is 1.78. The Balaban J connectivity index is 0.00000176. The molecule has 1 amide bonds. The molecule has 0 aromatic carbocycles. The van der Waals surface area contributed by atoms with Crippen LogP contribution in [0.3, 0.4) is 0 Å². The van der Waals surface area contributed by atoms with Crippen LogP contribution in [0.5, 0.6) is 0 Å². The molecule has 3 rings (SSSR count). The molecule has 1 atom stereocenters. The number of aryl methyl sites for hydroxylation is 1. The highest BCUT2D eigenvalue weighted by molar-refractivity contribution is 7.99. The van der Waals surface area contributed by atoms with Gasteiger partial charge in [0.15, 0.2) is 5.82 Å². The first-order chi connectivity index (χ1) is 10.2. The third-order valence-electron chi connectivity index (χ3n) is 4.22. The molecule has 1 aromatic heterocycles.